The largest absolute Gasteiger partial charge is 0.476 e. The van der Waals surface area contributed by atoms with Crippen molar-refractivity contribution in [2.24, 2.45) is 0 Å². The van der Waals surface area contributed by atoms with Crippen molar-refractivity contribution in [2.75, 3.05) is 6.26 Å². The zero-order valence-corrected chi connectivity index (χ0v) is 10.5. The average Bonchev–Trinajstić information content (AvgIpc) is 2.12. The summed E-state index contributed by atoms with van der Waals surface area (Å²) in [4.78, 5) is 0. The van der Waals surface area contributed by atoms with Crippen LogP contribution in [0, 0.1) is 0 Å². The van der Waals surface area contributed by atoms with E-state index in [9.17, 15) is 0 Å². The van der Waals surface area contributed by atoms with Gasteiger partial charge in [-0.1, -0.05) is 37.9 Å². The Kier molecular flexibility index (Phi) is 8.98. The van der Waals surface area contributed by atoms with Crippen LogP contribution in [0.15, 0.2) is 0 Å². The van der Waals surface area contributed by atoms with Gasteiger partial charge in [-0.3, -0.25) is 0 Å². The lowest BCUT2D eigenvalue weighted by Crippen LogP contribution is -2.10. The van der Waals surface area contributed by atoms with Crippen molar-refractivity contribution in [3.8, 4) is 0 Å². The van der Waals surface area contributed by atoms with E-state index < -0.39 is 0 Å². The van der Waals surface area contributed by atoms with Crippen molar-refractivity contribution in [2.45, 2.75) is 52.1 Å². The molecule has 0 aliphatic heterocycles. The van der Waals surface area contributed by atoms with Crippen molar-refractivity contribution < 1.29 is 4.74 Å². The third-order valence-corrected chi connectivity index (χ3v) is 2.95. The molecule has 13 heavy (non-hydrogen) atoms. The minimum Gasteiger partial charge on any atom is -0.476 e. The molecule has 1 nitrogen and oxygen atoms in total. The van der Waals surface area contributed by atoms with Crippen molar-refractivity contribution in [1.29, 1.82) is 0 Å². The van der Waals surface area contributed by atoms with E-state index in [1.807, 2.05) is 6.26 Å². The molecule has 1 atom stereocenters. The number of hydrogen-bond donors (Lipinski definition) is 0. The van der Waals surface area contributed by atoms with Crippen LogP contribution in [0.1, 0.15) is 46.0 Å². The van der Waals surface area contributed by atoms with Crippen LogP contribution < -0.4 is 0 Å². The molecule has 0 fully saturated rings. The summed E-state index contributed by atoms with van der Waals surface area (Å²) >= 11 is 6.48. The van der Waals surface area contributed by atoms with E-state index in [1.54, 1.807) is 0 Å². The van der Waals surface area contributed by atoms with Gasteiger partial charge >= 0.3 is 0 Å². The molecule has 0 heterocycles. The minimum absolute atomic E-state index is 0.289. The van der Waals surface area contributed by atoms with Crippen LogP contribution in [0.5, 0.6) is 0 Å². The van der Waals surface area contributed by atoms with Crippen LogP contribution in [0.2, 0.25) is 0 Å². The summed E-state index contributed by atoms with van der Waals surface area (Å²) in [5.74, 6) is 0. The van der Waals surface area contributed by atoms with Gasteiger partial charge in [0.15, 0.2) is 0 Å². The molecule has 0 rings (SSSR count). The molecule has 0 N–H and O–H groups in total. The zero-order valence-electron chi connectivity index (χ0n) is 8.84. The van der Waals surface area contributed by atoms with Gasteiger partial charge in [0.2, 0.25) is 4.38 Å². The molecule has 0 amide bonds. The van der Waals surface area contributed by atoms with E-state index >= 15 is 0 Å². The number of ether oxygens (including phenoxy) is 1. The highest BCUT2D eigenvalue weighted by atomic mass is 32.2. The van der Waals surface area contributed by atoms with Crippen LogP contribution >= 0.6 is 24.0 Å². The average molecular weight is 220 g/mol. The van der Waals surface area contributed by atoms with E-state index in [-0.39, 0.29) is 6.10 Å². The Morgan fingerprint density at radius 2 is 2.08 bits per heavy atom. The fraction of sp³-hybridized carbons (Fsp3) is 0.900. The summed E-state index contributed by atoms with van der Waals surface area (Å²) in [5, 5.41) is 0. The molecule has 0 saturated heterocycles. The maximum absolute atomic E-state index is 5.47. The number of rotatable bonds is 6. The second-order valence-corrected chi connectivity index (χ2v) is 4.64. The molecule has 0 spiro atoms. The minimum atomic E-state index is 0.289. The lowest BCUT2D eigenvalue weighted by molar-refractivity contribution is 0.205. The Morgan fingerprint density at radius 1 is 1.38 bits per heavy atom. The van der Waals surface area contributed by atoms with Crippen molar-refractivity contribution in [3.63, 3.8) is 0 Å². The Hall–Kier alpha value is 0.240. The van der Waals surface area contributed by atoms with Gasteiger partial charge < -0.3 is 4.74 Å². The zero-order chi connectivity index (χ0) is 10.1. The Morgan fingerprint density at radius 3 is 2.62 bits per heavy atom. The van der Waals surface area contributed by atoms with Crippen LogP contribution in [-0.2, 0) is 4.74 Å². The first-order valence-electron chi connectivity index (χ1n) is 4.95. The lowest BCUT2D eigenvalue weighted by Gasteiger charge is -2.13. The first-order valence-corrected chi connectivity index (χ1v) is 6.58. The van der Waals surface area contributed by atoms with E-state index in [2.05, 4.69) is 13.8 Å². The third kappa shape index (κ3) is 8.57. The highest BCUT2D eigenvalue weighted by molar-refractivity contribution is 8.22. The van der Waals surface area contributed by atoms with E-state index in [0.717, 1.165) is 6.42 Å². The maximum atomic E-state index is 5.47. The monoisotopic (exact) mass is 220 g/mol. The standard InChI is InChI=1S/C10H20OS2/c1-4-5-6-7-8-9(2)11-10(12)13-3/h9H,4-8H2,1-3H3/t9-/m0/s1. The number of thioether (sulfide) groups is 1. The fourth-order valence-corrected chi connectivity index (χ4v) is 1.55. The molecule has 0 aromatic heterocycles. The molecule has 0 aromatic rings. The molecule has 78 valence electrons. The van der Waals surface area contributed by atoms with Gasteiger partial charge in [0, 0.05) is 0 Å². The predicted octanol–water partition coefficient (Wildman–Crippen LogP) is 4.01. The Bertz CT molecular complexity index is 137. The Balaban J connectivity index is 3.29. The van der Waals surface area contributed by atoms with Crippen molar-refractivity contribution in [3.05, 3.63) is 0 Å². The normalized spacial score (nSPS) is 12.5. The summed E-state index contributed by atoms with van der Waals surface area (Å²) in [7, 11) is 0. The number of thiocarbonyl (C=S) groups is 1. The first-order chi connectivity index (χ1) is 6.20. The molecular weight excluding hydrogens is 200 g/mol. The number of hydrogen-bond acceptors (Lipinski definition) is 3. The van der Waals surface area contributed by atoms with Crippen LogP contribution in [-0.4, -0.2) is 16.7 Å². The van der Waals surface area contributed by atoms with Gasteiger partial charge in [-0.25, -0.2) is 0 Å². The summed E-state index contributed by atoms with van der Waals surface area (Å²) in [6.45, 7) is 4.32. The molecular formula is C10H20OS2. The maximum Gasteiger partial charge on any atom is 0.219 e. The predicted molar refractivity (Wildman–Crippen MR) is 65.4 cm³/mol. The molecule has 0 aliphatic rings. The van der Waals surface area contributed by atoms with Gasteiger partial charge in [0.05, 0.1) is 6.10 Å². The highest BCUT2D eigenvalue weighted by Gasteiger charge is 2.04. The molecule has 0 aliphatic carbocycles. The van der Waals surface area contributed by atoms with E-state index in [4.69, 9.17) is 17.0 Å². The van der Waals surface area contributed by atoms with Gasteiger partial charge in [-0.15, -0.1) is 0 Å². The quantitative estimate of drug-likeness (QED) is 0.494. The molecule has 0 saturated carbocycles. The number of unbranched alkanes of at least 4 members (excludes halogenated alkanes) is 3. The van der Waals surface area contributed by atoms with Crippen LogP contribution in [0.25, 0.3) is 0 Å². The van der Waals surface area contributed by atoms with E-state index in [1.165, 1.54) is 37.4 Å². The SMILES string of the molecule is CCCCCC[C@H](C)OC(=S)SC. The molecule has 0 unspecified atom stereocenters. The lowest BCUT2D eigenvalue weighted by atomic mass is 10.1. The van der Waals surface area contributed by atoms with Crippen LogP contribution in [0.4, 0.5) is 0 Å². The topological polar surface area (TPSA) is 9.23 Å². The molecule has 0 aromatic carbocycles. The van der Waals surface area contributed by atoms with Gasteiger partial charge in [-0.05, 0) is 38.2 Å². The first kappa shape index (κ1) is 13.2. The second kappa shape index (κ2) is 8.82. The van der Waals surface area contributed by atoms with Gasteiger partial charge in [-0.2, -0.15) is 0 Å². The summed E-state index contributed by atoms with van der Waals surface area (Å²) in [5.41, 5.74) is 0. The molecule has 0 radical (unpaired) electrons. The van der Waals surface area contributed by atoms with Gasteiger partial charge in [0.25, 0.3) is 0 Å². The van der Waals surface area contributed by atoms with E-state index in [0.29, 0.717) is 4.38 Å². The fourth-order valence-electron chi connectivity index (χ4n) is 1.13. The van der Waals surface area contributed by atoms with Crippen molar-refractivity contribution >= 4 is 28.4 Å². The second-order valence-electron chi connectivity index (χ2n) is 3.23. The highest BCUT2D eigenvalue weighted by Crippen LogP contribution is 2.11. The summed E-state index contributed by atoms with van der Waals surface area (Å²) in [6, 6.07) is 0. The smallest absolute Gasteiger partial charge is 0.219 e. The van der Waals surface area contributed by atoms with Crippen LogP contribution in [0.3, 0.4) is 0 Å². The van der Waals surface area contributed by atoms with Crippen molar-refractivity contribution in [1.82, 2.24) is 0 Å². The summed E-state index contributed by atoms with van der Waals surface area (Å²) in [6.07, 6.45) is 8.56. The third-order valence-electron chi connectivity index (χ3n) is 1.93. The molecule has 0 bridgehead atoms. The Labute approximate surface area is 91.6 Å². The summed E-state index contributed by atoms with van der Waals surface area (Å²) < 4.78 is 6.14. The van der Waals surface area contributed by atoms with Gasteiger partial charge in [0.1, 0.15) is 0 Å². The molecule has 3 heteroatoms.